The van der Waals surface area contributed by atoms with E-state index in [4.69, 9.17) is 9.84 Å². The van der Waals surface area contributed by atoms with Crippen LogP contribution in [0.2, 0.25) is 0 Å². The molecule has 0 aromatic heterocycles. The summed E-state index contributed by atoms with van der Waals surface area (Å²) < 4.78 is 42.5. The number of halogens is 1. The lowest BCUT2D eigenvalue weighted by Gasteiger charge is -2.20. The summed E-state index contributed by atoms with van der Waals surface area (Å²) in [5.41, 5.74) is 0.322. The van der Waals surface area contributed by atoms with Crippen LogP contribution in [0.15, 0.2) is 17.0 Å². The number of ether oxygens (including phenoxy) is 1. The predicted octanol–water partition coefficient (Wildman–Crippen LogP) is 2.21. The molecule has 1 aliphatic carbocycles. The number of aliphatic carboxylic acids is 1. The molecule has 2 rings (SSSR count). The maximum Gasteiger partial charge on any atom is 0.303 e. The molecule has 7 heteroatoms. The molecule has 1 aromatic carbocycles. The van der Waals surface area contributed by atoms with Crippen molar-refractivity contribution >= 4 is 15.8 Å². The highest BCUT2D eigenvalue weighted by Gasteiger charge is 2.37. The Bertz CT molecular complexity index is 664. The molecule has 1 N–H and O–H groups in total. The number of carboxylic acid groups (broad SMARTS) is 1. The quantitative estimate of drug-likeness (QED) is 0.870. The van der Waals surface area contributed by atoms with Crippen molar-refractivity contribution in [2.24, 2.45) is 5.92 Å². The smallest absolute Gasteiger partial charge is 0.303 e. The Labute approximate surface area is 122 Å². The highest BCUT2D eigenvalue weighted by atomic mass is 32.2. The monoisotopic (exact) mass is 316 g/mol. The third-order valence-electron chi connectivity index (χ3n) is 3.64. The van der Waals surface area contributed by atoms with Gasteiger partial charge in [0.15, 0.2) is 9.84 Å². The topological polar surface area (TPSA) is 80.7 Å². The molecule has 0 heterocycles. The van der Waals surface area contributed by atoms with Gasteiger partial charge in [-0.1, -0.05) is 0 Å². The zero-order valence-electron chi connectivity index (χ0n) is 11.8. The molecule has 1 aromatic rings. The molecular weight excluding hydrogens is 299 g/mol. The SMILES string of the molecule is COc1c(C(CC(=O)O)C2CC2)cc(F)cc1S(C)(=O)=O. The van der Waals surface area contributed by atoms with E-state index in [9.17, 15) is 17.6 Å². The number of hydrogen-bond donors (Lipinski definition) is 1. The van der Waals surface area contributed by atoms with Gasteiger partial charge in [-0.05, 0) is 30.9 Å². The van der Waals surface area contributed by atoms with E-state index in [-0.39, 0.29) is 23.0 Å². The van der Waals surface area contributed by atoms with Gasteiger partial charge in [0, 0.05) is 17.7 Å². The first kappa shape index (κ1) is 15.8. The number of carboxylic acids is 1. The molecule has 0 bridgehead atoms. The number of sulfone groups is 1. The van der Waals surface area contributed by atoms with Gasteiger partial charge in [-0.3, -0.25) is 4.79 Å². The van der Waals surface area contributed by atoms with E-state index in [1.807, 2.05) is 0 Å². The first-order valence-electron chi connectivity index (χ1n) is 6.53. The zero-order chi connectivity index (χ0) is 15.8. The van der Waals surface area contributed by atoms with Gasteiger partial charge in [0.2, 0.25) is 0 Å². The second kappa shape index (κ2) is 5.63. The van der Waals surface area contributed by atoms with E-state index in [0.717, 1.165) is 25.2 Å². The molecule has 0 radical (unpaired) electrons. The van der Waals surface area contributed by atoms with Gasteiger partial charge < -0.3 is 9.84 Å². The van der Waals surface area contributed by atoms with Crippen molar-refractivity contribution in [2.45, 2.75) is 30.1 Å². The number of rotatable bonds is 6. The lowest BCUT2D eigenvalue weighted by atomic mass is 9.90. The normalized spacial score (nSPS) is 16.5. The number of carbonyl (C=O) groups is 1. The van der Waals surface area contributed by atoms with Crippen molar-refractivity contribution in [3.8, 4) is 5.75 Å². The predicted molar refractivity (Wildman–Crippen MR) is 73.8 cm³/mol. The van der Waals surface area contributed by atoms with Crippen LogP contribution in [0.1, 0.15) is 30.7 Å². The fraction of sp³-hybridized carbons (Fsp3) is 0.500. The lowest BCUT2D eigenvalue weighted by molar-refractivity contribution is -0.137. The molecule has 21 heavy (non-hydrogen) atoms. The van der Waals surface area contributed by atoms with Crippen LogP contribution in [0.4, 0.5) is 4.39 Å². The molecule has 1 atom stereocenters. The first-order valence-corrected chi connectivity index (χ1v) is 8.42. The van der Waals surface area contributed by atoms with Crippen LogP contribution >= 0.6 is 0 Å². The van der Waals surface area contributed by atoms with Crippen molar-refractivity contribution in [3.63, 3.8) is 0 Å². The minimum atomic E-state index is -3.67. The standard InChI is InChI=1S/C14H17FO5S/c1-20-14-11(10(7-13(16)17)8-3-4-8)5-9(15)6-12(14)21(2,18)19/h5-6,8,10H,3-4,7H2,1-2H3,(H,16,17). The highest BCUT2D eigenvalue weighted by Crippen LogP contribution is 2.48. The van der Waals surface area contributed by atoms with E-state index in [1.165, 1.54) is 13.2 Å². The second-order valence-electron chi connectivity index (χ2n) is 5.34. The van der Waals surface area contributed by atoms with Gasteiger partial charge in [-0.25, -0.2) is 12.8 Å². The van der Waals surface area contributed by atoms with Gasteiger partial charge in [0.1, 0.15) is 16.5 Å². The number of benzene rings is 1. The Morgan fingerprint density at radius 3 is 2.52 bits per heavy atom. The first-order chi connectivity index (χ1) is 9.74. The molecular formula is C14H17FO5S. The fourth-order valence-electron chi connectivity index (χ4n) is 2.58. The van der Waals surface area contributed by atoms with Crippen molar-refractivity contribution < 1.29 is 27.4 Å². The number of methoxy groups -OCH3 is 1. The molecule has 0 saturated heterocycles. The van der Waals surface area contributed by atoms with E-state index >= 15 is 0 Å². The minimum absolute atomic E-state index is 0.0528. The second-order valence-corrected chi connectivity index (χ2v) is 7.32. The lowest BCUT2D eigenvalue weighted by Crippen LogP contribution is -2.12. The largest absolute Gasteiger partial charge is 0.495 e. The van der Waals surface area contributed by atoms with Crippen molar-refractivity contribution in [2.75, 3.05) is 13.4 Å². The van der Waals surface area contributed by atoms with Crippen LogP contribution in [0, 0.1) is 11.7 Å². The van der Waals surface area contributed by atoms with Crippen LogP contribution in [-0.2, 0) is 14.6 Å². The summed E-state index contributed by atoms with van der Waals surface area (Å²) in [7, 11) is -2.37. The summed E-state index contributed by atoms with van der Waals surface area (Å²) in [6, 6.07) is 2.09. The average Bonchev–Trinajstić information content (AvgIpc) is 3.17. The third-order valence-corrected chi connectivity index (χ3v) is 4.74. The molecule has 0 aliphatic heterocycles. The van der Waals surface area contributed by atoms with Crippen molar-refractivity contribution in [3.05, 3.63) is 23.5 Å². The molecule has 0 spiro atoms. The summed E-state index contributed by atoms with van der Waals surface area (Å²) >= 11 is 0. The minimum Gasteiger partial charge on any atom is -0.495 e. The van der Waals surface area contributed by atoms with Crippen LogP contribution in [0.3, 0.4) is 0 Å². The maximum absolute atomic E-state index is 13.8. The molecule has 0 amide bonds. The molecule has 5 nitrogen and oxygen atoms in total. The fourth-order valence-corrected chi connectivity index (χ4v) is 3.44. The van der Waals surface area contributed by atoms with E-state index in [1.54, 1.807) is 0 Å². The molecule has 116 valence electrons. The Morgan fingerprint density at radius 2 is 2.10 bits per heavy atom. The third kappa shape index (κ3) is 3.53. The van der Waals surface area contributed by atoms with Crippen molar-refractivity contribution in [1.82, 2.24) is 0 Å². The molecule has 1 saturated carbocycles. The Kier molecular flexibility index (Phi) is 4.22. The van der Waals surface area contributed by atoms with Crippen molar-refractivity contribution in [1.29, 1.82) is 0 Å². The van der Waals surface area contributed by atoms with Crippen LogP contribution in [0.25, 0.3) is 0 Å². The summed E-state index contributed by atoms with van der Waals surface area (Å²) in [5, 5.41) is 9.03. The van der Waals surface area contributed by atoms with Gasteiger partial charge in [-0.15, -0.1) is 0 Å². The van der Waals surface area contributed by atoms with E-state index in [2.05, 4.69) is 0 Å². The van der Waals surface area contributed by atoms with Gasteiger partial charge in [0.25, 0.3) is 0 Å². The van der Waals surface area contributed by atoms with Gasteiger partial charge >= 0.3 is 5.97 Å². The maximum atomic E-state index is 13.8. The Hall–Kier alpha value is -1.63. The highest BCUT2D eigenvalue weighted by molar-refractivity contribution is 7.90. The van der Waals surface area contributed by atoms with E-state index < -0.39 is 27.5 Å². The van der Waals surface area contributed by atoms with Gasteiger partial charge in [0.05, 0.1) is 13.5 Å². The van der Waals surface area contributed by atoms with Gasteiger partial charge in [-0.2, -0.15) is 0 Å². The summed E-state index contributed by atoms with van der Waals surface area (Å²) in [6.45, 7) is 0. The van der Waals surface area contributed by atoms with Crippen LogP contribution in [-0.4, -0.2) is 32.9 Å². The van der Waals surface area contributed by atoms with Crippen LogP contribution < -0.4 is 4.74 Å². The summed E-state index contributed by atoms with van der Waals surface area (Å²) in [6.07, 6.45) is 2.50. The zero-order valence-corrected chi connectivity index (χ0v) is 12.6. The Balaban J connectivity index is 2.60. The number of hydrogen-bond acceptors (Lipinski definition) is 4. The molecule has 1 fully saturated rings. The Morgan fingerprint density at radius 1 is 1.48 bits per heavy atom. The van der Waals surface area contributed by atoms with E-state index in [0.29, 0.717) is 5.56 Å². The van der Waals surface area contributed by atoms with Crippen LogP contribution in [0.5, 0.6) is 5.75 Å². The molecule has 1 unspecified atom stereocenters. The summed E-state index contributed by atoms with van der Waals surface area (Å²) in [5.74, 6) is -1.96. The summed E-state index contributed by atoms with van der Waals surface area (Å²) in [4.78, 5) is 10.8. The average molecular weight is 316 g/mol. The molecule has 1 aliphatic rings.